The standard InChI is InChI=1S/C14H18N2OS/c1-11(15)14(13-6-2-3-8-16-13)17-9-7-12-5-4-10-18-12/h2-6,8,10-11,14H,7,9,15H2,1H3. The minimum atomic E-state index is -0.133. The molecule has 96 valence electrons. The highest BCUT2D eigenvalue weighted by atomic mass is 32.1. The molecule has 2 rings (SSSR count). The zero-order chi connectivity index (χ0) is 12.8. The highest BCUT2D eigenvalue weighted by Gasteiger charge is 2.17. The van der Waals surface area contributed by atoms with Crippen LogP contribution in [0.2, 0.25) is 0 Å². The Morgan fingerprint density at radius 1 is 1.33 bits per heavy atom. The van der Waals surface area contributed by atoms with Gasteiger partial charge in [-0.3, -0.25) is 4.98 Å². The number of ether oxygens (including phenoxy) is 1. The van der Waals surface area contributed by atoms with Crippen molar-refractivity contribution in [1.82, 2.24) is 4.98 Å². The smallest absolute Gasteiger partial charge is 0.114 e. The molecule has 0 saturated heterocycles. The number of nitrogens with zero attached hydrogens (tertiary/aromatic N) is 1. The van der Waals surface area contributed by atoms with E-state index in [0.29, 0.717) is 6.61 Å². The highest BCUT2D eigenvalue weighted by molar-refractivity contribution is 7.09. The molecule has 2 aromatic rings. The summed E-state index contributed by atoms with van der Waals surface area (Å²) in [4.78, 5) is 5.65. The van der Waals surface area contributed by atoms with Crippen molar-refractivity contribution in [2.24, 2.45) is 5.73 Å². The van der Waals surface area contributed by atoms with E-state index in [4.69, 9.17) is 10.5 Å². The van der Waals surface area contributed by atoms with Crippen LogP contribution in [0.3, 0.4) is 0 Å². The van der Waals surface area contributed by atoms with Gasteiger partial charge < -0.3 is 10.5 Å². The molecule has 0 spiro atoms. The van der Waals surface area contributed by atoms with Gasteiger partial charge in [0.05, 0.1) is 12.3 Å². The molecule has 3 nitrogen and oxygen atoms in total. The molecular formula is C14H18N2OS. The van der Waals surface area contributed by atoms with Crippen molar-refractivity contribution in [3.05, 3.63) is 52.5 Å². The topological polar surface area (TPSA) is 48.1 Å². The second-order valence-electron chi connectivity index (χ2n) is 4.23. The van der Waals surface area contributed by atoms with E-state index in [-0.39, 0.29) is 12.1 Å². The summed E-state index contributed by atoms with van der Waals surface area (Å²) in [5.74, 6) is 0. The van der Waals surface area contributed by atoms with Crippen molar-refractivity contribution >= 4 is 11.3 Å². The van der Waals surface area contributed by atoms with Gasteiger partial charge in [0, 0.05) is 23.5 Å². The lowest BCUT2D eigenvalue weighted by atomic mass is 10.1. The number of pyridine rings is 1. The Morgan fingerprint density at radius 2 is 2.22 bits per heavy atom. The van der Waals surface area contributed by atoms with Crippen molar-refractivity contribution in [2.45, 2.75) is 25.5 Å². The number of nitrogens with two attached hydrogens (primary N) is 1. The first-order valence-electron chi connectivity index (χ1n) is 6.08. The normalized spacial score (nSPS) is 14.3. The molecule has 0 saturated carbocycles. The Balaban J connectivity index is 1.91. The molecule has 0 amide bonds. The van der Waals surface area contributed by atoms with E-state index >= 15 is 0 Å². The Hall–Kier alpha value is -1.23. The van der Waals surface area contributed by atoms with Crippen LogP contribution < -0.4 is 5.73 Å². The number of hydrogen-bond acceptors (Lipinski definition) is 4. The van der Waals surface area contributed by atoms with E-state index < -0.39 is 0 Å². The van der Waals surface area contributed by atoms with E-state index in [1.807, 2.05) is 25.1 Å². The summed E-state index contributed by atoms with van der Waals surface area (Å²) in [5.41, 5.74) is 6.87. The zero-order valence-electron chi connectivity index (χ0n) is 10.5. The Labute approximate surface area is 112 Å². The summed E-state index contributed by atoms with van der Waals surface area (Å²) < 4.78 is 5.88. The molecule has 4 heteroatoms. The first kappa shape index (κ1) is 13.2. The third-order valence-corrected chi connectivity index (χ3v) is 3.62. The molecule has 2 N–H and O–H groups in total. The molecule has 0 aliphatic rings. The Morgan fingerprint density at radius 3 is 2.83 bits per heavy atom. The van der Waals surface area contributed by atoms with E-state index in [2.05, 4.69) is 22.5 Å². The van der Waals surface area contributed by atoms with Crippen molar-refractivity contribution in [3.8, 4) is 0 Å². The fourth-order valence-electron chi connectivity index (χ4n) is 1.79. The van der Waals surface area contributed by atoms with Crippen LogP contribution in [0, 0.1) is 0 Å². The summed E-state index contributed by atoms with van der Waals surface area (Å²) in [5, 5.41) is 2.08. The van der Waals surface area contributed by atoms with E-state index in [1.54, 1.807) is 17.5 Å². The molecule has 0 aliphatic carbocycles. The van der Waals surface area contributed by atoms with E-state index in [0.717, 1.165) is 12.1 Å². The molecule has 2 atom stereocenters. The Bertz CT molecular complexity index is 442. The second-order valence-corrected chi connectivity index (χ2v) is 5.27. The van der Waals surface area contributed by atoms with Gasteiger partial charge in [-0.05, 0) is 30.5 Å². The van der Waals surface area contributed by atoms with E-state index in [9.17, 15) is 0 Å². The van der Waals surface area contributed by atoms with Crippen LogP contribution in [-0.2, 0) is 11.2 Å². The van der Waals surface area contributed by atoms with Crippen LogP contribution in [-0.4, -0.2) is 17.6 Å². The summed E-state index contributed by atoms with van der Waals surface area (Å²) in [6.07, 6.45) is 2.56. The molecule has 2 aromatic heterocycles. The van der Waals surface area contributed by atoms with Gasteiger partial charge in [-0.15, -0.1) is 11.3 Å². The predicted molar refractivity (Wildman–Crippen MR) is 74.6 cm³/mol. The van der Waals surface area contributed by atoms with Crippen LogP contribution in [0.4, 0.5) is 0 Å². The largest absolute Gasteiger partial charge is 0.370 e. The number of aromatic nitrogens is 1. The maximum atomic E-state index is 5.97. The van der Waals surface area contributed by atoms with Gasteiger partial charge in [0.1, 0.15) is 6.10 Å². The lowest BCUT2D eigenvalue weighted by Crippen LogP contribution is -2.28. The maximum absolute atomic E-state index is 5.97. The quantitative estimate of drug-likeness (QED) is 0.871. The molecule has 0 radical (unpaired) electrons. The summed E-state index contributed by atoms with van der Waals surface area (Å²) in [6.45, 7) is 2.62. The number of thiophene rings is 1. The summed E-state index contributed by atoms with van der Waals surface area (Å²) in [7, 11) is 0. The third-order valence-electron chi connectivity index (χ3n) is 2.68. The second kappa shape index (κ2) is 6.64. The van der Waals surface area contributed by atoms with Crippen LogP contribution >= 0.6 is 11.3 Å². The van der Waals surface area contributed by atoms with Gasteiger partial charge in [-0.2, -0.15) is 0 Å². The lowest BCUT2D eigenvalue weighted by molar-refractivity contribution is 0.0377. The average Bonchev–Trinajstić information content (AvgIpc) is 2.88. The third kappa shape index (κ3) is 3.63. The number of hydrogen-bond donors (Lipinski definition) is 1. The van der Waals surface area contributed by atoms with Gasteiger partial charge in [0.2, 0.25) is 0 Å². The molecular weight excluding hydrogens is 244 g/mol. The fourth-order valence-corrected chi connectivity index (χ4v) is 2.48. The van der Waals surface area contributed by atoms with Crippen LogP contribution in [0.25, 0.3) is 0 Å². The first-order chi connectivity index (χ1) is 8.77. The molecule has 2 unspecified atom stereocenters. The molecule has 0 aliphatic heterocycles. The monoisotopic (exact) mass is 262 g/mol. The minimum Gasteiger partial charge on any atom is -0.370 e. The van der Waals surface area contributed by atoms with Gasteiger partial charge >= 0.3 is 0 Å². The van der Waals surface area contributed by atoms with Crippen molar-refractivity contribution in [2.75, 3.05) is 6.61 Å². The van der Waals surface area contributed by atoms with Crippen LogP contribution in [0.5, 0.6) is 0 Å². The minimum absolute atomic E-state index is 0.0664. The molecule has 0 aromatic carbocycles. The SMILES string of the molecule is CC(N)C(OCCc1cccs1)c1ccccn1. The molecule has 0 fully saturated rings. The van der Waals surface area contributed by atoms with Gasteiger partial charge in [-0.1, -0.05) is 12.1 Å². The molecule has 18 heavy (non-hydrogen) atoms. The van der Waals surface area contributed by atoms with Crippen LogP contribution in [0.1, 0.15) is 23.6 Å². The summed E-state index contributed by atoms with van der Waals surface area (Å²) in [6, 6.07) is 9.92. The fraction of sp³-hybridized carbons (Fsp3) is 0.357. The average molecular weight is 262 g/mol. The van der Waals surface area contributed by atoms with Gasteiger partial charge in [0.25, 0.3) is 0 Å². The zero-order valence-corrected chi connectivity index (χ0v) is 11.3. The lowest BCUT2D eigenvalue weighted by Gasteiger charge is -2.20. The van der Waals surface area contributed by atoms with Crippen molar-refractivity contribution in [1.29, 1.82) is 0 Å². The molecule has 2 heterocycles. The molecule has 0 bridgehead atoms. The summed E-state index contributed by atoms with van der Waals surface area (Å²) >= 11 is 1.75. The van der Waals surface area contributed by atoms with Crippen molar-refractivity contribution < 1.29 is 4.74 Å². The van der Waals surface area contributed by atoms with Gasteiger partial charge in [-0.25, -0.2) is 0 Å². The van der Waals surface area contributed by atoms with Gasteiger partial charge in [0.15, 0.2) is 0 Å². The van der Waals surface area contributed by atoms with E-state index in [1.165, 1.54) is 4.88 Å². The Kier molecular flexibility index (Phi) is 4.87. The first-order valence-corrected chi connectivity index (χ1v) is 6.96. The highest BCUT2D eigenvalue weighted by Crippen LogP contribution is 2.19. The number of rotatable bonds is 6. The van der Waals surface area contributed by atoms with Crippen LogP contribution in [0.15, 0.2) is 41.9 Å². The maximum Gasteiger partial charge on any atom is 0.114 e. The van der Waals surface area contributed by atoms with Crippen molar-refractivity contribution in [3.63, 3.8) is 0 Å². The predicted octanol–water partition coefficient (Wildman–Crippen LogP) is 2.79.